The molecule has 3 rings (SSSR count). The molecule has 7 nitrogen and oxygen atoms in total. The summed E-state index contributed by atoms with van der Waals surface area (Å²) in [5, 5.41) is 5.57. The predicted molar refractivity (Wildman–Crippen MR) is 114 cm³/mol. The zero-order valence-corrected chi connectivity index (χ0v) is 17.4. The number of nitrogens with zero attached hydrogens (tertiary/aromatic N) is 1. The number of benzene rings is 2. The molecule has 158 valence electrons. The monoisotopic (exact) mass is 409 g/mol. The van der Waals surface area contributed by atoms with E-state index in [0.29, 0.717) is 12.3 Å². The highest BCUT2D eigenvalue weighted by Crippen LogP contribution is 2.27. The smallest absolute Gasteiger partial charge is 0.243 e. The van der Waals surface area contributed by atoms with Crippen LogP contribution in [-0.2, 0) is 14.4 Å². The minimum Gasteiger partial charge on any atom is -0.457 e. The molecule has 30 heavy (non-hydrogen) atoms. The van der Waals surface area contributed by atoms with Crippen molar-refractivity contribution in [1.29, 1.82) is 0 Å². The summed E-state index contributed by atoms with van der Waals surface area (Å²) < 4.78 is 5.78. The van der Waals surface area contributed by atoms with Crippen molar-refractivity contribution in [2.24, 2.45) is 5.92 Å². The van der Waals surface area contributed by atoms with Gasteiger partial charge in [-0.2, -0.15) is 0 Å². The van der Waals surface area contributed by atoms with E-state index in [2.05, 4.69) is 10.6 Å². The molecule has 0 aromatic heterocycles. The molecule has 0 bridgehead atoms. The standard InChI is InChI=1S/C23H27N3O4/c1-15(2)22(24-16(3)27)23(29)25-17-13-21(28)26(14-17)18-9-11-20(12-10-18)30-19-7-5-4-6-8-19/h4-12,15,17,22H,13-14H2,1-3H3,(H,24,27)(H,25,29). The Morgan fingerprint density at radius 2 is 1.67 bits per heavy atom. The molecule has 3 amide bonds. The van der Waals surface area contributed by atoms with Crippen LogP contribution in [0.3, 0.4) is 0 Å². The number of carbonyl (C=O) groups is 3. The average molecular weight is 409 g/mol. The van der Waals surface area contributed by atoms with Gasteiger partial charge in [0.1, 0.15) is 17.5 Å². The summed E-state index contributed by atoms with van der Waals surface area (Å²) in [7, 11) is 0. The van der Waals surface area contributed by atoms with Gasteiger partial charge in [-0.25, -0.2) is 0 Å². The van der Waals surface area contributed by atoms with E-state index >= 15 is 0 Å². The Morgan fingerprint density at radius 1 is 1.03 bits per heavy atom. The summed E-state index contributed by atoms with van der Waals surface area (Å²) in [5.74, 6) is 0.773. The number of amides is 3. The Labute approximate surface area is 176 Å². The zero-order chi connectivity index (χ0) is 21.7. The molecule has 1 heterocycles. The molecule has 1 aliphatic heterocycles. The lowest BCUT2D eigenvalue weighted by molar-refractivity contribution is -0.129. The van der Waals surface area contributed by atoms with Crippen molar-refractivity contribution >= 4 is 23.4 Å². The fourth-order valence-electron chi connectivity index (χ4n) is 3.42. The Kier molecular flexibility index (Phi) is 6.72. The van der Waals surface area contributed by atoms with Gasteiger partial charge >= 0.3 is 0 Å². The Balaban J connectivity index is 1.61. The number of anilines is 1. The number of nitrogens with one attached hydrogen (secondary N) is 2. The minimum atomic E-state index is -0.624. The van der Waals surface area contributed by atoms with Gasteiger partial charge in [-0.15, -0.1) is 0 Å². The molecule has 7 heteroatoms. The molecular formula is C23H27N3O4. The number of hydrogen-bond donors (Lipinski definition) is 2. The summed E-state index contributed by atoms with van der Waals surface area (Å²) in [5.41, 5.74) is 0.749. The lowest BCUT2D eigenvalue weighted by Crippen LogP contribution is -2.52. The van der Waals surface area contributed by atoms with Crippen LogP contribution in [0.2, 0.25) is 0 Å². The maximum absolute atomic E-state index is 12.6. The molecular weight excluding hydrogens is 382 g/mol. The van der Waals surface area contributed by atoms with E-state index in [1.165, 1.54) is 6.92 Å². The molecule has 2 aromatic rings. The van der Waals surface area contributed by atoms with Gasteiger partial charge in [0.15, 0.2) is 0 Å². The third-order valence-electron chi connectivity index (χ3n) is 4.91. The first-order valence-electron chi connectivity index (χ1n) is 10.0. The zero-order valence-electron chi connectivity index (χ0n) is 17.4. The summed E-state index contributed by atoms with van der Waals surface area (Å²) in [6.45, 7) is 5.50. The Bertz CT molecular complexity index is 896. The number of carbonyl (C=O) groups excluding carboxylic acids is 3. The van der Waals surface area contributed by atoms with Crippen LogP contribution in [0.15, 0.2) is 54.6 Å². The van der Waals surface area contributed by atoms with Crippen LogP contribution in [0.5, 0.6) is 11.5 Å². The quantitative estimate of drug-likeness (QED) is 0.736. The van der Waals surface area contributed by atoms with Crippen molar-refractivity contribution in [1.82, 2.24) is 10.6 Å². The summed E-state index contributed by atoms with van der Waals surface area (Å²) >= 11 is 0. The van der Waals surface area contributed by atoms with Crippen molar-refractivity contribution in [3.8, 4) is 11.5 Å². The number of para-hydroxylation sites is 1. The largest absolute Gasteiger partial charge is 0.457 e. The second-order valence-corrected chi connectivity index (χ2v) is 7.75. The van der Waals surface area contributed by atoms with Crippen LogP contribution < -0.4 is 20.3 Å². The van der Waals surface area contributed by atoms with Crippen LogP contribution >= 0.6 is 0 Å². The van der Waals surface area contributed by atoms with E-state index in [0.717, 1.165) is 11.4 Å². The van der Waals surface area contributed by atoms with Gasteiger partial charge < -0.3 is 20.3 Å². The van der Waals surface area contributed by atoms with Gasteiger partial charge in [-0.05, 0) is 42.3 Å². The lowest BCUT2D eigenvalue weighted by atomic mass is 10.0. The van der Waals surface area contributed by atoms with Gasteiger partial charge in [0.25, 0.3) is 0 Å². The van der Waals surface area contributed by atoms with Gasteiger partial charge in [0, 0.05) is 25.6 Å². The lowest BCUT2D eigenvalue weighted by Gasteiger charge is -2.23. The van der Waals surface area contributed by atoms with E-state index < -0.39 is 6.04 Å². The molecule has 2 atom stereocenters. The van der Waals surface area contributed by atoms with E-state index in [9.17, 15) is 14.4 Å². The fourth-order valence-corrected chi connectivity index (χ4v) is 3.42. The van der Waals surface area contributed by atoms with Crippen LogP contribution in [0.25, 0.3) is 0 Å². The van der Waals surface area contributed by atoms with E-state index in [4.69, 9.17) is 4.74 Å². The third kappa shape index (κ3) is 5.37. The van der Waals surface area contributed by atoms with Crippen LogP contribution in [0.1, 0.15) is 27.2 Å². The predicted octanol–water partition coefficient (Wildman–Crippen LogP) is 2.86. The molecule has 2 aromatic carbocycles. The average Bonchev–Trinajstić information content (AvgIpc) is 3.07. The molecule has 1 fully saturated rings. The van der Waals surface area contributed by atoms with Gasteiger partial charge in [-0.1, -0.05) is 32.0 Å². The molecule has 2 N–H and O–H groups in total. The van der Waals surface area contributed by atoms with Gasteiger partial charge in [0.2, 0.25) is 17.7 Å². The summed E-state index contributed by atoms with van der Waals surface area (Å²) in [6, 6.07) is 15.8. The van der Waals surface area contributed by atoms with E-state index in [-0.39, 0.29) is 36.1 Å². The number of rotatable bonds is 7. The maximum Gasteiger partial charge on any atom is 0.243 e. The second kappa shape index (κ2) is 9.43. The number of ether oxygens (including phenoxy) is 1. The van der Waals surface area contributed by atoms with Crippen molar-refractivity contribution < 1.29 is 19.1 Å². The maximum atomic E-state index is 12.6. The Morgan fingerprint density at radius 3 is 2.27 bits per heavy atom. The number of hydrogen-bond acceptors (Lipinski definition) is 4. The van der Waals surface area contributed by atoms with Crippen molar-refractivity contribution in [3.05, 3.63) is 54.6 Å². The normalized spacial score (nSPS) is 17.0. The first kappa shape index (κ1) is 21.4. The third-order valence-corrected chi connectivity index (χ3v) is 4.91. The highest BCUT2D eigenvalue weighted by molar-refractivity contribution is 5.97. The molecule has 1 aliphatic rings. The van der Waals surface area contributed by atoms with Crippen LogP contribution in [0, 0.1) is 5.92 Å². The summed E-state index contributed by atoms with van der Waals surface area (Å²) in [4.78, 5) is 38.1. The van der Waals surface area contributed by atoms with Gasteiger partial charge in [-0.3, -0.25) is 14.4 Å². The van der Waals surface area contributed by atoms with Crippen LogP contribution in [0.4, 0.5) is 5.69 Å². The SMILES string of the molecule is CC(=O)NC(C(=O)NC1CC(=O)N(c2ccc(Oc3ccccc3)cc2)C1)C(C)C. The van der Waals surface area contributed by atoms with Crippen molar-refractivity contribution in [2.45, 2.75) is 39.3 Å². The highest BCUT2D eigenvalue weighted by Gasteiger charge is 2.33. The molecule has 2 unspecified atom stereocenters. The minimum absolute atomic E-state index is 0.0562. The second-order valence-electron chi connectivity index (χ2n) is 7.75. The van der Waals surface area contributed by atoms with Crippen molar-refractivity contribution in [2.75, 3.05) is 11.4 Å². The molecule has 0 saturated carbocycles. The molecule has 1 saturated heterocycles. The van der Waals surface area contributed by atoms with E-state index in [1.54, 1.807) is 4.90 Å². The molecule has 0 radical (unpaired) electrons. The van der Waals surface area contributed by atoms with Gasteiger partial charge in [0.05, 0.1) is 6.04 Å². The molecule has 0 aliphatic carbocycles. The van der Waals surface area contributed by atoms with E-state index in [1.807, 2.05) is 68.4 Å². The fraction of sp³-hybridized carbons (Fsp3) is 0.348. The first-order chi connectivity index (χ1) is 14.3. The topological polar surface area (TPSA) is 87.7 Å². The summed E-state index contributed by atoms with van der Waals surface area (Å²) in [6.07, 6.45) is 0.221. The van der Waals surface area contributed by atoms with Crippen molar-refractivity contribution in [3.63, 3.8) is 0 Å². The first-order valence-corrected chi connectivity index (χ1v) is 10.0. The van der Waals surface area contributed by atoms with Crippen LogP contribution in [-0.4, -0.2) is 36.3 Å². The molecule has 0 spiro atoms. The highest BCUT2D eigenvalue weighted by atomic mass is 16.5. The Hall–Kier alpha value is -3.35.